The molecule has 0 bridgehead atoms. The molecule has 18 heavy (non-hydrogen) atoms. The summed E-state index contributed by atoms with van der Waals surface area (Å²) in [5, 5.41) is 0. The second-order valence-corrected chi connectivity index (χ2v) is 5.16. The number of ether oxygens (including phenoxy) is 1. The first-order valence-corrected chi connectivity index (χ1v) is 6.42. The summed E-state index contributed by atoms with van der Waals surface area (Å²) in [6.45, 7) is 7.58. The topological polar surface area (TPSA) is 64.3 Å². The van der Waals surface area contributed by atoms with Crippen LogP contribution in [-0.2, 0) is 4.74 Å². The van der Waals surface area contributed by atoms with Gasteiger partial charge in [0.05, 0.1) is 12.2 Å². The van der Waals surface area contributed by atoms with Crippen molar-refractivity contribution in [3.8, 4) is 0 Å². The summed E-state index contributed by atoms with van der Waals surface area (Å²) < 4.78 is 5.70. The van der Waals surface area contributed by atoms with Crippen LogP contribution in [0.25, 0.3) is 0 Å². The van der Waals surface area contributed by atoms with Crippen LogP contribution in [0.5, 0.6) is 0 Å². The van der Waals surface area contributed by atoms with Crippen molar-refractivity contribution in [1.82, 2.24) is 9.97 Å². The van der Waals surface area contributed by atoms with E-state index in [1.165, 1.54) is 0 Å². The summed E-state index contributed by atoms with van der Waals surface area (Å²) in [4.78, 5) is 11.3. The van der Waals surface area contributed by atoms with Gasteiger partial charge in [-0.05, 0) is 26.8 Å². The highest BCUT2D eigenvalue weighted by Crippen LogP contribution is 2.17. The van der Waals surface area contributed by atoms with Crippen molar-refractivity contribution < 1.29 is 4.74 Å². The Morgan fingerprint density at radius 1 is 1.39 bits per heavy atom. The molecule has 0 amide bonds. The van der Waals surface area contributed by atoms with Gasteiger partial charge in [-0.25, -0.2) is 9.97 Å². The SMILES string of the molecule is Cc1cc(C(N)=S)nc(N2C[C@@H](C)O[C@@H](C)C2)n1. The zero-order chi connectivity index (χ0) is 13.3. The number of rotatable bonds is 2. The fourth-order valence-electron chi connectivity index (χ4n) is 2.16. The molecule has 1 fully saturated rings. The molecule has 1 aliphatic heterocycles. The third-order valence-corrected chi connectivity index (χ3v) is 3.01. The lowest BCUT2D eigenvalue weighted by atomic mass is 10.2. The van der Waals surface area contributed by atoms with Crippen LogP contribution in [0.3, 0.4) is 0 Å². The molecule has 0 aliphatic carbocycles. The van der Waals surface area contributed by atoms with Crippen LogP contribution in [0.15, 0.2) is 6.07 Å². The van der Waals surface area contributed by atoms with Gasteiger partial charge < -0.3 is 15.4 Å². The van der Waals surface area contributed by atoms with Crippen molar-refractivity contribution >= 4 is 23.2 Å². The fourth-order valence-corrected chi connectivity index (χ4v) is 2.27. The minimum atomic E-state index is 0.172. The average Bonchev–Trinajstić information content (AvgIpc) is 2.26. The molecule has 2 heterocycles. The van der Waals surface area contributed by atoms with Crippen LogP contribution >= 0.6 is 12.2 Å². The van der Waals surface area contributed by atoms with Gasteiger partial charge in [0.25, 0.3) is 0 Å². The number of hydrogen-bond acceptors (Lipinski definition) is 5. The Morgan fingerprint density at radius 2 is 2.00 bits per heavy atom. The van der Waals surface area contributed by atoms with E-state index < -0.39 is 0 Å². The molecular formula is C12H18N4OS. The van der Waals surface area contributed by atoms with Gasteiger partial charge >= 0.3 is 0 Å². The smallest absolute Gasteiger partial charge is 0.226 e. The van der Waals surface area contributed by atoms with Gasteiger partial charge in [-0.15, -0.1) is 0 Å². The van der Waals surface area contributed by atoms with E-state index in [2.05, 4.69) is 14.9 Å². The first-order chi connectivity index (χ1) is 8.45. The maximum Gasteiger partial charge on any atom is 0.226 e. The van der Waals surface area contributed by atoms with Crippen LogP contribution in [0.4, 0.5) is 5.95 Å². The quantitative estimate of drug-likeness (QED) is 0.807. The van der Waals surface area contributed by atoms with Crippen molar-refractivity contribution in [2.75, 3.05) is 18.0 Å². The molecule has 2 N–H and O–H groups in total. The number of morpholine rings is 1. The summed E-state index contributed by atoms with van der Waals surface area (Å²) in [6, 6.07) is 1.80. The summed E-state index contributed by atoms with van der Waals surface area (Å²) >= 11 is 4.97. The third-order valence-electron chi connectivity index (χ3n) is 2.80. The molecule has 1 aromatic heterocycles. The summed E-state index contributed by atoms with van der Waals surface area (Å²) in [5.41, 5.74) is 7.13. The Labute approximate surface area is 112 Å². The second-order valence-electron chi connectivity index (χ2n) is 4.72. The highest BCUT2D eigenvalue weighted by Gasteiger charge is 2.24. The van der Waals surface area contributed by atoms with Gasteiger partial charge in [0.15, 0.2) is 0 Å². The van der Waals surface area contributed by atoms with E-state index in [9.17, 15) is 0 Å². The second kappa shape index (κ2) is 5.16. The Bertz CT molecular complexity index is 455. The minimum Gasteiger partial charge on any atom is -0.388 e. The maximum atomic E-state index is 5.70. The standard InChI is InChI=1S/C12H18N4OS/c1-7-4-10(11(13)18)15-12(14-7)16-5-8(2)17-9(3)6-16/h4,8-9H,5-6H2,1-3H3,(H2,13,18)/t8-,9+. The zero-order valence-electron chi connectivity index (χ0n) is 10.9. The van der Waals surface area contributed by atoms with Crippen molar-refractivity contribution in [2.45, 2.75) is 33.0 Å². The van der Waals surface area contributed by atoms with Gasteiger partial charge in [0, 0.05) is 18.8 Å². The average molecular weight is 266 g/mol. The first kappa shape index (κ1) is 13.2. The van der Waals surface area contributed by atoms with Crippen LogP contribution in [0.2, 0.25) is 0 Å². The monoisotopic (exact) mass is 266 g/mol. The predicted molar refractivity (Wildman–Crippen MR) is 74.9 cm³/mol. The van der Waals surface area contributed by atoms with Crippen LogP contribution in [-0.4, -0.2) is 40.3 Å². The van der Waals surface area contributed by atoms with Crippen molar-refractivity contribution in [3.63, 3.8) is 0 Å². The van der Waals surface area contributed by atoms with Gasteiger partial charge in [-0.1, -0.05) is 12.2 Å². The third kappa shape index (κ3) is 2.94. The Hall–Kier alpha value is -1.27. The van der Waals surface area contributed by atoms with Crippen LogP contribution in [0, 0.1) is 6.92 Å². The maximum absolute atomic E-state index is 5.70. The largest absolute Gasteiger partial charge is 0.388 e. The summed E-state index contributed by atoms with van der Waals surface area (Å²) in [5.74, 6) is 0.680. The molecule has 1 aliphatic rings. The Kier molecular flexibility index (Phi) is 3.77. The molecule has 0 radical (unpaired) electrons. The van der Waals surface area contributed by atoms with Crippen molar-refractivity contribution in [3.05, 3.63) is 17.5 Å². The van der Waals surface area contributed by atoms with E-state index >= 15 is 0 Å². The molecule has 2 atom stereocenters. The number of anilines is 1. The number of nitrogens with two attached hydrogens (primary N) is 1. The van der Waals surface area contributed by atoms with E-state index in [4.69, 9.17) is 22.7 Å². The molecule has 2 rings (SSSR count). The van der Waals surface area contributed by atoms with Crippen LogP contribution < -0.4 is 10.6 Å². The van der Waals surface area contributed by atoms with E-state index in [0.29, 0.717) is 16.6 Å². The normalized spacial score (nSPS) is 24.1. The first-order valence-electron chi connectivity index (χ1n) is 6.01. The van der Waals surface area contributed by atoms with E-state index in [1.807, 2.05) is 20.8 Å². The minimum absolute atomic E-state index is 0.172. The lowest BCUT2D eigenvalue weighted by Gasteiger charge is -2.35. The molecule has 98 valence electrons. The van der Waals surface area contributed by atoms with E-state index in [1.54, 1.807) is 6.07 Å². The number of hydrogen-bond donors (Lipinski definition) is 1. The fraction of sp³-hybridized carbons (Fsp3) is 0.583. The molecule has 0 unspecified atom stereocenters. The highest BCUT2D eigenvalue weighted by atomic mass is 32.1. The number of aryl methyl sites for hydroxylation is 1. The molecule has 1 saturated heterocycles. The van der Waals surface area contributed by atoms with E-state index in [0.717, 1.165) is 18.8 Å². The number of nitrogens with zero attached hydrogens (tertiary/aromatic N) is 3. The van der Waals surface area contributed by atoms with Gasteiger partial charge in [0.1, 0.15) is 10.7 Å². The lowest BCUT2D eigenvalue weighted by Crippen LogP contribution is -2.46. The number of thiocarbonyl (C=S) groups is 1. The van der Waals surface area contributed by atoms with Crippen molar-refractivity contribution in [1.29, 1.82) is 0 Å². The molecule has 1 aromatic rings. The molecule has 0 aromatic carbocycles. The van der Waals surface area contributed by atoms with Gasteiger partial charge in [-0.2, -0.15) is 0 Å². The zero-order valence-corrected chi connectivity index (χ0v) is 11.7. The van der Waals surface area contributed by atoms with Gasteiger partial charge in [0.2, 0.25) is 5.95 Å². The van der Waals surface area contributed by atoms with E-state index in [-0.39, 0.29) is 12.2 Å². The molecule has 6 heteroatoms. The predicted octanol–water partition coefficient (Wildman–Crippen LogP) is 1.03. The molecule has 0 spiro atoms. The summed E-state index contributed by atoms with van der Waals surface area (Å²) in [7, 11) is 0. The molecular weight excluding hydrogens is 248 g/mol. The molecule has 5 nitrogen and oxygen atoms in total. The number of aromatic nitrogens is 2. The Morgan fingerprint density at radius 3 is 2.56 bits per heavy atom. The molecule has 0 saturated carbocycles. The lowest BCUT2D eigenvalue weighted by molar-refractivity contribution is -0.00573. The Balaban J connectivity index is 2.29. The summed E-state index contributed by atoms with van der Waals surface area (Å²) in [6.07, 6.45) is 0.345. The highest BCUT2D eigenvalue weighted by molar-refractivity contribution is 7.80. The van der Waals surface area contributed by atoms with Crippen molar-refractivity contribution in [2.24, 2.45) is 5.73 Å². The van der Waals surface area contributed by atoms with Gasteiger partial charge in [-0.3, -0.25) is 0 Å². The van der Waals surface area contributed by atoms with Crippen LogP contribution in [0.1, 0.15) is 25.2 Å².